The van der Waals surface area contributed by atoms with Gasteiger partial charge in [-0.15, -0.1) is 0 Å². The van der Waals surface area contributed by atoms with Crippen molar-refractivity contribution in [3.05, 3.63) is 72.4 Å². The van der Waals surface area contributed by atoms with Crippen LogP contribution in [-0.4, -0.2) is 53.8 Å². The molecule has 1 aliphatic heterocycles. The third-order valence-corrected chi connectivity index (χ3v) is 5.72. The maximum Gasteiger partial charge on any atom is 0.410 e. The van der Waals surface area contributed by atoms with Gasteiger partial charge in [-0.05, 0) is 76.1 Å². The van der Waals surface area contributed by atoms with Crippen LogP contribution in [-0.2, 0) is 9.47 Å². The number of piperidine rings is 1. The average Bonchev–Trinajstić information content (AvgIpc) is 2.90. The Morgan fingerprint density at radius 3 is 2.29 bits per heavy atom. The zero-order valence-corrected chi connectivity index (χ0v) is 22.1. The molecule has 2 heterocycles. The van der Waals surface area contributed by atoms with Crippen molar-refractivity contribution in [1.29, 1.82) is 0 Å². The Kier molecular flexibility index (Phi) is 8.35. The lowest BCUT2D eigenvalue weighted by molar-refractivity contribution is 0.0206. The topological polar surface area (TPSA) is 99.2 Å². The summed E-state index contributed by atoms with van der Waals surface area (Å²) in [5.74, 6) is 1.42. The molecule has 0 aliphatic carbocycles. The Balaban J connectivity index is 1.43. The van der Waals surface area contributed by atoms with Crippen molar-refractivity contribution in [2.45, 2.75) is 45.3 Å². The minimum Gasteiger partial charge on any atom is -0.465 e. The van der Waals surface area contributed by atoms with E-state index in [4.69, 9.17) is 18.9 Å². The highest BCUT2D eigenvalue weighted by atomic mass is 16.6. The number of nitrogens with zero attached hydrogens (tertiary/aromatic N) is 2. The number of benzene rings is 2. The first-order chi connectivity index (χ1) is 18.2. The quantitative estimate of drug-likeness (QED) is 0.365. The second-order valence-corrected chi connectivity index (χ2v) is 9.97. The van der Waals surface area contributed by atoms with Crippen LogP contribution in [0.25, 0.3) is 0 Å². The van der Waals surface area contributed by atoms with Gasteiger partial charge in [-0.25, -0.2) is 14.6 Å². The van der Waals surface area contributed by atoms with E-state index in [0.29, 0.717) is 30.3 Å². The average molecular weight is 520 g/mol. The summed E-state index contributed by atoms with van der Waals surface area (Å²) < 4.78 is 22.2. The molecule has 9 heteroatoms. The summed E-state index contributed by atoms with van der Waals surface area (Å²) in [5, 5.41) is 3.38. The summed E-state index contributed by atoms with van der Waals surface area (Å²) in [4.78, 5) is 31.1. The molecule has 2 aromatic carbocycles. The summed E-state index contributed by atoms with van der Waals surface area (Å²) in [6, 6.07) is 18.1. The number of methoxy groups -OCH3 is 1. The van der Waals surface area contributed by atoms with E-state index in [2.05, 4.69) is 10.3 Å². The van der Waals surface area contributed by atoms with E-state index >= 15 is 0 Å². The molecule has 1 unspecified atom stereocenters. The lowest BCUT2D eigenvalue weighted by Gasteiger charge is -2.34. The number of likely N-dealkylation sites (tertiary alicyclic amines) is 1. The lowest BCUT2D eigenvalue weighted by atomic mass is 10.1. The smallest absolute Gasteiger partial charge is 0.410 e. The molecule has 0 spiro atoms. The van der Waals surface area contributed by atoms with Crippen LogP contribution in [0.4, 0.5) is 10.5 Å². The summed E-state index contributed by atoms with van der Waals surface area (Å²) in [6.07, 6.45) is 2.96. The third kappa shape index (κ3) is 7.38. The molecule has 1 aromatic heterocycles. The predicted octanol–water partition coefficient (Wildman–Crippen LogP) is 6.26. The third-order valence-electron chi connectivity index (χ3n) is 5.72. The summed E-state index contributed by atoms with van der Waals surface area (Å²) in [5.41, 5.74) is 0.254. The number of nitrogens with one attached hydrogen (secondary N) is 1. The van der Waals surface area contributed by atoms with Crippen LogP contribution in [0.5, 0.6) is 23.1 Å². The zero-order chi connectivity index (χ0) is 27.1. The van der Waals surface area contributed by atoms with Gasteiger partial charge >= 0.3 is 12.1 Å². The van der Waals surface area contributed by atoms with Gasteiger partial charge in [0.05, 0.1) is 19.0 Å². The van der Waals surface area contributed by atoms with E-state index in [9.17, 15) is 9.59 Å². The first-order valence-electron chi connectivity index (χ1n) is 12.5. The van der Waals surface area contributed by atoms with Crippen molar-refractivity contribution in [3.8, 4) is 23.1 Å². The first-order valence-corrected chi connectivity index (χ1v) is 12.5. The highest BCUT2D eigenvalue weighted by Crippen LogP contribution is 2.29. The Bertz CT molecular complexity index is 1240. The van der Waals surface area contributed by atoms with Crippen LogP contribution in [0, 0.1) is 0 Å². The second-order valence-electron chi connectivity index (χ2n) is 9.97. The molecule has 200 valence electrons. The number of aromatic nitrogens is 1. The van der Waals surface area contributed by atoms with Crippen molar-refractivity contribution >= 4 is 17.7 Å². The normalized spacial score (nSPS) is 15.4. The van der Waals surface area contributed by atoms with Crippen LogP contribution < -0.4 is 14.8 Å². The predicted molar refractivity (Wildman–Crippen MR) is 143 cm³/mol. The van der Waals surface area contributed by atoms with Gasteiger partial charge in [-0.3, -0.25) is 0 Å². The van der Waals surface area contributed by atoms with Gasteiger partial charge in [0.1, 0.15) is 28.4 Å². The number of esters is 1. The van der Waals surface area contributed by atoms with E-state index in [1.165, 1.54) is 7.11 Å². The number of pyridine rings is 1. The van der Waals surface area contributed by atoms with Gasteiger partial charge in [0, 0.05) is 19.1 Å². The molecule has 1 saturated heterocycles. The van der Waals surface area contributed by atoms with Crippen molar-refractivity contribution in [2.75, 3.05) is 25.5 Å². The highest BCUT2D eigenvalue weighted by molar-refractivity contribution is 5.93. The Morgan fingerprint density at radius 2 is 1.63 bits per heavy atom. The number of hydrogen-bond acceptors (Lipinski definition) is 8. The monoisotopic (exact) mass is 519 g/mol. The molecule has 1 amide bonds. The van der Waals surface area contributed by atoms with Gasteiger partial charge in [-0.2, -0.15) is 0 Å². The van der Waals surface area contributed by atoms with Crippen LogP contribution in [0.2, 0.25) is 0 Å². The number of para-hydroxylation sites is 1. The molecule has 1 aliphatic rings. The molecule has 4 rings (SSSR count). The minimum atomic E-state index is -0.570. The van der Waals surface area contributed by atoms with Gasteiger partial charge < -0.3 is 29.2 Å². The van der Waals surface area contributed by atoms with Crippen molar-refractivity contribution in [1.82, 2.24) is 9.88 Å². The fraction of sp³-hybridized carbons (Fsp3) is 0.345. The molecule has 1 fully saturated rings. The SMILES string of the molecule is COC(=O)c1cc(NC2CCCN(C(=O)OC(C)(C)C)C2)cnc1Oc1ccc(Oc2ccccc2)cc1. The fourth-order valence-corrected chi connectivity index (χ4v) is 4.00. The number of carbonyl (C=O) groups is 2. The number of amides is 1. The van der Waals surface area contributed by atoms with E-state index in [1.54, 1.807) is 41.4 Å². The first kappa shape index (κ1) is 26.8. The number of carbonyl (C=O) groups excluding carboxylic acids is 2. The standard InChI is InChI=1S/C29H33N3O6/c1-29(2,3)38-28(34)32-16-8-9-20(19-32)31-21-17-25(27(33)35-4)26(30-18-21)37-24-14-12-23(13-15-24)36-22-10-6-5-7-11-22/h5-7,10-15,17-18,20,31H,8-9,16,19H2,1-4H3. The molecule has 38 heavy (non-hydrogen) atoms. The van der Waals surface area contributed by atoms with Gasteiger partial charge in [-0.1, -0.05) is 18.2 Å². The van der Waals surface area contributed by atoms with Gasteiger partial charge in [0.25, 0.3) is 0 Å². The number of ether oxygens (including phenoxy) is 4. The molecule has 1 atom stereocenters. The summed E-state index contributed by atoms with van der Waals surface area (Å²) >= 11 is 0. The maximum atomic E-state index is 12.5. The van der Waals surface area contributed by atoms with E-state index in [0.717, 1.165) is 18.6 Å². The molecule has 0 saturated carbocycles. The number of rotatable bonds is 7. The van der Waals surface area contributed by atoms with Crippen LogP contribution in [0.3, 0.4) is 0 Å². The molecule has 3 aromatic rings. The van der Waals surface area contributed by atoms with Gasteiger partial charge in [0.15, 0.2) is 0 Å². The number of hydrogen-bond donors (Lipinski definition) is 1. The van der Waals surface area contributed by atoms with Crippen LogP contribution in [0.1, 0.15) is 44.0 Å². The maximum absolute atomic E-state index is 12.5. The lowest BCUT2D eigenvalue weighted by Crippen LogP contribution is -2.47. The molecular formula is C29H33N3O6. The Hall–Kier alpha value is -4.27. The second kappa shape index (κ2) is 11.9. The van der Waals surface area contributed by atoms with E-state index < -0.39 is 11.6 Å². The summed E-state index contributed by atoms with van der Waals surface area (Å²) in [6.45, 7) is 6.67. The van der Waals surface area contributed by atoms with Crippen molar-refractivity contribution < 1.29 is 28.5 Å². The highest BCUT2D eigenvalue weighted by Gasteiger charge is 2.28. The Labute approximate surface area is 222 Å². The molecule has 1 N–H and O–H groups in total. The van der Waals surface area contributed by atoms with Gasteiger partial charge in [0.2, 0.25) is 5.88 Å². The molecular weight excluding hydrogens is 486 g/mol. The number of anilines is 1. The fourth-order valence-electron chi connectivity index (χ4n) is 4.00. The largest absolute Gasteiger partial charge is 0.465 e. The van der Waals surface area contributed by atoms with Crippen molar-refractivity contribution in [2.24, 2.45) is 0 Å². The zero-order valence-electron chi connectivity index (χ0n) is 22.1. The van der Waals surface area contributed by atoms with Crippen molar-refractivity contribution in [3.63, 3.8) is 0 Å². The minimum absolute atomic E-state index is 0.0208. The molecule has 9 nitrogen and oxygen atoms in total. The van der Waals surface area contributed by atoms with Crippen LogP contribution in [0.15, 0.2) is 66.9 Å². The molecule has 0 bridgehead atoms. The van der Waals surface area contributed by atoms with E-state index in [-0.39, 0.29) is 23.6 Å². The molecule has 0 radical (unpaired) electrons. The van der Waals surface area contributed by atoms with E-state index in [1.807, 2.05) is 51.1 Å². The Morgan fingerprint density at radius 1 is 0.974 bits per heavy atom. The summed E-state index contributed by atoms with van der Waals surface area (Å²) in [7, 11) is 1.31. The van der Waals surface area contributed by atoms with Crippen LogP contribution >= 0.6 is 0 Å².